The van der Waals surface area contributed by atoms with E-state index in [9.17, 15) is 14.4 Å². The molecule has 0 radical (unpaired) electrons. The highest BCUT2D eigenvalue weighted by Gasteiger charge is 2.26. The van der Waals surface area contributed by atoms with E-state index in [1.54, 1.807) is 20.8 Å². The molecule has 144 valence electrons. The molecule has 4 N–H and O–H groups in total. The van der Waals surface area contributed by atoms with Gasteiger partial charge < -0.3 is 25.8 Å². The Hall–Kier alpha value is -2.61. The highest BCUT2D eigenvalue weighted by molar-refractivity contribution is 5.90. The molecule has 1 aromatic carbocycles. The van der Waals surface area contributed by atoms with Crippen LogP contribution in [0.2, 0.25) is 0 Å². The number of amides is 3. The van der Waals surface area contributed by atoms with Crippen molar-refractivity contribution in [3.8, 4) is 0 Å². The van der Waals surface area contributed by atoms with Gasteiger partial charge >= 0.3 is 6.09 Å². The molecule has 0 aliphatic heterocycles. The molecule has 0 saturated carbocycles. The van der Waals surface area contributed by atoms with Crippen LogP contribution in [0.25, 0.3) is 0 Å². The van der Waals surface area contributed by atoms with E-state index in [0.717, 1.165) is 5.56 Å². The van der Waals surface area contributed by atoms with Gasteiger partial charge in [-0.05, 0) is 33.3 Å². The van der Waals surface area contributed by atoms with E-state index in [1.165, 1.54) is 6.92 Å². The summed E-state index contributed by atoms with van der Waals surface area (Å²) in [5.74, 6) is -1.27. The zero-order valence-corrected chi connectivity index (χ0v) is 15.6. The van der Waals surface area contributed by atoms with Gasteiger partial charge in [0.15, 0.2) is 0 Å². The van der Waals surface area contributed by atoms with Gasteiger partial charge in [0, 0.05) is 0 Å². The molecule has 0 spiro atoms. The summed E-state index contributed by atoms with van der Waals surface area (Å²) in [5, 5.41) is 4.89. The van der Waals surface area contributed by atoms with Crippen LogP contribution in [0.1, 0.15) is 33.3 Å². The van der Waals surface area contributed by atoms with E-state index in [2.05, 4.69) is 10.6 Å². The largest absolute Gasteiger partial charge is 0.444 e. The Balaban J connectivity index is 2.68. The van der Waals surface area contributed by atoms with Crippen LogP contribution in [0.4, 0.5) is 4.79 Å². The van der Waals surface area contributed by atoms with Crippen LogP contribution >= 0.6 is 0 Å². The van der Waals surface area contributed by atoms with E-state index in [1.807, 2.05) is 30.3 Å². The lowest BCUT2D eigenvalue weighted by molar-refractivity contribution is -0.129. The third kappa shape index (κ3) is 8.48. The summed E-state index contributed by atoms with van der Waals surface area (Å²) in [7, 11) is 0. The van der Waals surface area contributed by atoms with Crippen LogP contribution in [0.3, 0.4) is 0 Å². The Morgan fingerprint density at radius 3 is 2.27 bits per heavy atom. The third-order valence-corrected chi connectivity index (χ3v) is 3.19. The molecule has 0 saturated heterocycles. The highest BCUT2D eigenvalue weighted by Crippen LogP contribution is 2.07. The summed E-state index contributed by atoms with van der Waals surface area (Å²) in [5.41, 5.74) is 5.36. The first kappa shape index (κ1) is 21.4. The molecular weight excluding hydrogens is 338 g/mol. The fraction of sp³-hybridized carbons (Fsp3) is 0.500. The van der Waals surface area contributed by atoms with E-state index in [4.69, 9.17) is 15.2 Å². The van der Waals surface area contributed by atoms with Crippen molar-refractivity contribution in [3.05, 3.63) is 35.9 Å². The zero-order chi connectivity index (χ0) is 19.7. The van der Waals surface area contributed by atoms with Gasteiger partial charge in [0.1, 0.15) is 17.7 Å². The molecule has 0 unspecified atom stereocenters. The molecule has 2 atom stereocenters. The zero-order valence-electron chi connectivity index (χ0n) is 15.6. The van der Waals surface area contributed by atoms with E-state index < -0.39 is 35.6 Å². The van der Waals surface area contributed by atoms with Gasteiger partial charge in [-0.2, -0.15) is 0 Å². The fourth-order valence-electron chi connectivity index (χ4n) is 1.89. The monoisotopic (exact) mass is 365 g/mol. The lowest BCUT2D eigenvalue weighted by atomic mass is 10.2. The number of rotatable bonds is 8. The van der Waals surface area contributed by atoms with Crippen molar-refractivity contribution in [1.82, 2.24) is 10.6 Å². The molecular formula is C18H27N3O5. The minimum Gasteiger partial charge on any atom is -0.444 e. The number of carbonyl (C=O) groups excluding carboxylic acids is 3. The molecule has 8 nitrogen and oxygen atoms in total. The smallest absolute Gasteiger partial charge is 0.408 e. The van der Waals surface area contributed by atoms with Crippen LogP contribution in [-0.2, 0) is 25.7 Å². The minimum atomic E-state index is -1.03. The fourth-order valence-corrected chi connectivity index (χ4v) is 1.89. The Morgan fingerprint density at radius 1 is 1.12 bits per heavy atom. The Morgan fingerprint density at radius 2 is 1.73 bits per heavy atom. The molecule has 26 heavy (non-hydrogen) atoms. The Kier molecular flexibility index (Phi) is 8.05. The maximum absolute atomic E-state index is 12.3. The average molecular weight is 365 g/mol. The van der Waals surface area contributed by atoms with Gasteiger partial charge in [-0.1, -0.05) is 30.3 Å². The normalized spacial score (nSPS) is 13.4. The average Bonchev–Trinajstić information content (AvgIpc) is 2.53. The van der Waals surface area contributed by atoms with Crippen molar-refractivity contribution < 1.29 is 23.9 Å². The predicted molar refractivity (Wildman–Crippen MR) is 96.1 cm³/mol. The van der Waals surface area contributed by atoms with Crippen molar-refractivity contribution >= 4 is 17.9 Å². The molecule has 1 aromatic rings. The van der Waals surface area contributed by atoms with Crippen molar-refractivity contribution in [1.29, 1.82) is 0 Å². The second-order valence-electron chi connectivity index (χ2n) is 6.83. The quantitative estimate of drug-likeness (QED) is 0.637. The van der Waals surface area contributed by atoms with E-state index in [0.29, 0.717) is 0 Å². The third-order valence-electron chi connectivity index (χ3n) is 3.19. The number of nitrogens with two attached hydrogens (primary N) is 1. The Bertz CT molecular complexity index is 613. The number of primary amides is 1. The molecule has 0 heterocycles. The van der Waals surface area contributed by atoms with E-state index >= 15 is 0 Å². The first-order valence-electron chi connectivity index (χ1n) is 8.29. The van der Waals surface area contributed by atoms with Crippen LogP contribution in [0.15, 0.2) is 30.3 Å². The molecule has 0 aliphatic rings. The van der Waals surface area contributed by atoms with Gasteiger partial charge in [-0.3, -0.25) is 9.59 Å². The van der Waals surface area contributed by atoms with Gasteiger partial charge in [0.2, 0.25) is 11.8 Å². The minimum absolute atomic E-state index is 0.0918. The predicted octanol–water partition coefficient (Wildman–Crippen LogP) is 1.09. The second kappa shape index (κ2) is 9.76. The van der Waals surface area contributed by atoms with Crippen molar-refractivity contribution in [2.75, 3.05) is 6.61 Å². The molecule has 1 rings (SSSR count). The SMILES string of the molecule is C[C@H](NC(=O)[C@H](COCc1ccccc1)NC(=O)OC(C)(C)C)C(N)=O. The summed E-state index contributed by atoms with van der Waals surface area (Å²) in [4.78, 5) is 35.4. The number of alkyl carbamates (subject to hydrolysis) is 1. The number of ether oxygens (including phenoxy) is 2. The molecule has 8 heteroatoms. The van der Waals surface area contributed by atoms with Crippen LogP contribution < -0.4 is 16.4 Å². The highest BCUT2D eigenvalue weighted by atomic mass is 16.6. The van der Waals surface area contributed by atoms with Gasteiger partial charge in [-0.15, -0.1) is 0 Å². The van der Waals surface area contributed by atoms with E-state index in [-0.39, 0.29) is 13.2 Å². The van der Waals surface area contributed by atoms with Crippen molar-refractivity contribution in [3.63, 3.8) is 0 Å². The van der Waals surface area contributed by atoms with Crippen LogP contribution in [0.5, 0.6) is 0 Å². The van der Waals surface area contributed by atoms with Crippen LogP contribution in [0, 0.1) is 0 Å². The van der Waals surface area contributed by atoms with Gasteiger partial charge in [0.05, 0.1) is 13.2 Å². The molecule has 0 bridgehead atoms. The van der Waals surface area contributed by atoms with Crippen molar-refractivity contribution in [2.45, 2.75) is 52.0 Å². The molecule has 0 aliphatic carbocycles. The summed E-state index contributed by atoms with van der Waals surface area (Å²) in [6.07, 6.45) is -0.757. The standard InChI is InChI=1S/C18H27N3O5/c1-12(15(19)22)20-16(23)14(21-17(24)26-18(2,3)4)11-25-10-13-8-6-5-7-9-13/h5-9,12,14H,10-11H2,1-4H3,(H2,19,22)(H,20,23)(H,21,24)/t12-,14-/m0/s1. The summed E-state index contributed by atoms with van der Waals surface area (Å²) >= 11 is 0. The number of hydrogen-bond acceptors (Lipinski definition) is 5. The topological polar surface area (TPSA) is 120 Å². The summed E-state index contributed by atoms with van der Waals surface area (Å²) in [6.45, 7) is 6.77. The number of hydrogen-bond donors (Lipinski definition) is 3. The number of nitrogens with one attached hydrogen (secondary N) is 2. The lowest BCUT2D eigenvalue weighted by Crippen LogP contribution is -2.54. The summed E-state index contributed by atoms with van der Waals surface area (Å²) in [6, 6.07) is 7.48. The molecule has 0 aromatic heterocycles. The van der Waals surface area contributed by atoms with Crippen molar-refractivity contribution in [2.24, 2.45) is 5.73 Å². The van der Waals surface area contributed by atoms with Gasteiger partial charge in [-0.25, -0.2) is 4.79 Å². The number of carbonyl (C=O) groups is 3. The summed E-state index contributed by atoms with van der Waals surface area (Å²) < 4.78 is 10.7. The molecule has 0 fully saturated rings. The number of benzene rings is 1. The first-order chi connectivity index (χ1) is 12.1. The molecule has 3 amide bonds. The first-order valence-corrected chi connectivity index (χ1v) is 8.29. The van der Waals surface area contributed by atoms with Gasteiger partial charge in [0.25, 0.3) is 0 Å². The maximum Gasteiger partial charge on any atom is 0.408 e. The maximum atomic E-state index is 12.3. The second-order valence-corrected chi connectivity index (χ2v) is 6.83. The Labute approximate surface area is 153 Å². The van der Waals surface area contributed by atoms with Crippen LogP contribution in [-0.4, -0.2) is 42.2 Å². The lowest BCUT2D eigenvalue weighted by Gasteiger charge is -2.24.